The molecule has 1 aromatic carbocycles. The Labute approximate surface area is 212 Å². The third-order valence-electron chi connectivity index (χ3n) is 5.45. The van der Waals surface area contributed by atoms with Gasteiger partial charge in [0, 0.05) is 35.5 Å². The number of hydrogen-bond donors (Lipinski definition) is 2. The van der Waals surface area contributed by atoms with Crippen molar-refractivity contribution in [3.63, 3.8) is 0 Å². The zero-order valence-corrected chi connectivity index (χ0v) is 21.5. The predicted octanol–water partition coefficient (Wildman–Crippen LogP) is 5.20. The van der Waals surface area contributed by atoms with Crippen molar-refractivity contribution >= 4 is 64.0 Å². The average Bonchev–Trinajstić information content (AvgIpc) is 2.75. The van der Waals surface area contributed by atoms with Crippen molar-refractivity contribution in [3.8, 4) is 0 Å². The summed E-state index contributed by atoms with van der Waals surface area (Å²) in [5, 5.41) is 12.6. The molecule has 10 heteroatoms. The molecule has 180 valence electrons. The van der Waals surface area contributed by atoms with E-state index in [0.29, 0.717) is 11.4 Å². The van der Waals surface area contributed by atoms with Crippen molar-refractivity contribution in [2.45, 2.75) is 50.7 Å². The molecular formula is C24H25Cl2N3O4S. The molecular weight excluding hydrogens is 497 g/mol. The summed E-state index contributed by atoms with van der Waals surface area (Å²) in [7, 11) is 0. The highest BCUT2D eigenvalue weighted by Gasteiger charge is 2.54. The number of nitrogens with zero attached hydrogens (tertiary/aromatic N) is 2. The molecule has 1 amide bonds. The van der Waals surface area contributed by atoms with Gasteiger partial charge >= 0.3 is 5.97 Å². The van der Waals surface area contributed by atoms with E-state index in [1.807, 2.05) is 13.8 Å². The molecule has 3 rings (SSSR count). The number of pyridine rings is 1. The fourth-order valence-corrected chi connectivity index (χ4v) is 5.56. The maximum Gasteiger partial charge on any atom is 0.328 e. The number of halogens is 2. The summed E-state index contributed by atoms with van der Waals surface area (Å²) in [6.07, 6.45) is 2.82. The number of benzene rings is 1. The molecule has 1 fully saturated rings. The number of amides is 1. The van der Waals surface area contributed by atoms with Crippen LogP contribution in [0.15, 0.2) is 41.7 Å². The molecule has 0 bridgehead atoms. The van der Waals surface area contributed by atoms with Gasteiger partial charge in [-0.1, -0.05) is 49.2 Å². The van der Waals surface area contributed by atoms with Gasteiger partial charge in [-0.3, -0.25) is 19.6 Å². The molecule has 1 aromatic heterocycles. The van der Waals surface area contributed by atoms with Crippen LogP contribution in [0.2, 0.25) is 10.0 Å². The number of carboxylic acid groups (broad SMARTS) is 1. The number of Topliss-reactive ketones (excluding diaryl/α,β-unsaturated/α-hetero) is 1. The normalized spacial score (nSPS) is 19.1. The summed E-state index contributed by atoms with van der Waals surface area (Å²) in [4.78, 5) is 45.3. The molecule has 2 N–H and O–H groups in total. The first kappa shape index (κ1) is 26.2. The van der Waals surface area contributed by atoms with Crippen molar-refractivity contribution in [1.29, 1.82) is 0 Å². The summed E-state index contributed by atoms with van der Waals surface area (Å²) in [5.74, 6) is -1.47. The number of hydrogen-bond acceptors (Lipinski definition) is 6. The standard InChI is InChI=1S/C24H25Cl2N3O4S/c1-12(2)34-19-20(24(3,4)21(19)30)29-17(23(32)33)9-13-5-7-14(8-6-13)28-22(31)18-15(25)10-27-11-16(18)26/h5-8,10-12,17,19H,9H2,1-4H3,(H,28,31)(H,32,33)/t17-,19?/m0/s1. The van der Waals surface area contributed by atoms with Crippen molar-refractivity contribution in [2.75, 3.05) is 5.32 Å². The number of anilines is 1. The van der Waals surface area contributed by atoms with E-state index in [1.54, 1.807) is 38.1 Å². The molecule has 0 saturated heterocycles. The topological polar surface area (TPSA) is 109 Å². The van der Waals surface area contributed by atoms with Crippen LogP contribution in [0.1, 0.15) is 43.6 Å². The average molecular weight is 522 g/mol. The minimum Gasteiger partial charge on any atom is -0.480 e. The zero-order chi connectivity index (χ0) is 25.2. The van der Waals surface area contributed by atoms with Crippen LogP contribution in [0, 0.1) is 5.41 Å². The van der Waals surface area contributed by atoms with Crippen LogP contribution in [-0.4, -0.2) is 50.0 Å². The van der Waals surface area contributed by atoms with E-state index in [1.165, 1.54) is 24.2 Å². The molecule has 2 atom stereocenters. The third kappa shape index (κ3) is 5.62. The van der Waals surface area contributed by atoms with E-state index in [4.69, 9.17) is 23.2 Å². The van der Waals surface area contributed by atoms with E-state index in [9.17, 15) is 19.5 Å². The van der Waals surface area contributed by atoms with E-state index >= 15 is 0 Å². The first-order valence-electron chi connectivity index (χ1n) is 10.6. The molecule has 1 saturated carbocycles. The summed E-state index contributed by atoms with van der Waals surface area (Å²) in [5.41, 5.74) is 1.21. The third-order valence-corrected chi connectivity index (χ3v) is 7.28. The van der Waals surface area contributed by atoms with Gasteiger partial charge in [0.25, 0.3) is 5.91 Å². The first-order chi connectivity index (χ1) is 15.9. The van der Waals surface area contributed by atoms with Crippen LogP contribution in [0.25, 0.3) is 0 Å². The lowest BCUT2D eigenvalue weighted by atomic mass is 9.68. The van der Waals surface area contributed by atoms with E-state index in [0.717, 1.165) is 5.56 Å². The Hall–Kier alpha value is -2.42. The molecule has 1 aliphatic rings. The smallest absolute Gasteiger partial charge is 0.328 e. The van der Waals surface area contributed by atoms with Crippen LogP contribution < -0.4 is 5.32 Å². The number of aliphatic carboxylic acids is 1. The first-order valence-corrected chi connectivity index (χ1v) is 12.3. The zero-order valence-electron chi connectivity index (χ0n) is 19.1. The highest BCUT2D eigenvalue weighted by atomic mass is 35.5. The highest BCUT2D eigenvalue weighted by molar-refractivity contribution is 8.02. The Morgan fingerprint density at radius 3 is 2.29 bits per heavy atom. The number of carboxylic acids is 1. The van der Waals surface area contributed by atoms with Gasteiger partial charge in [-0.15, -0.1) is 11.8 Å². The number of carbonyl (C=O) groups excluding carboxylic acids is 2. The summed E-state index contributed by atoms with van der Waals surface area (Å²) >= 11 is 13.6. The minimum atomic E-state index is -1.06. The molecule has 1 unspecified atom stereocenters. The predicted molar refractivity (Wildman–Crippen MR) is 137 cm³/mol. The van der Waals surface area contributed by atoms with E-state index < -0.39 is 28.6 Å². The van der Waals surface area contributed by atoms with Crippen LogP contribution in [-0.2, 0) is 16.0 Å². The van der Waals surface area contributed by atoms with Crippen molar-refractivity contribution in [3.05, 3.63) is 57.8 Å². The fourth-order valence-electron chi connectivity index (χ4n) is 3.58. The molecule has 0 spiro atoms. The highest BCUT2D eigenvalue weighted by Crippen LogP contribution is 2.42. The molecule has 34 heavy (non-hydrogen) atoms. The Kier molecular flexibility index (Phi) is 8.06. The quantitative estimate of drug-likeness (QED) is 0.494. The number of nitrogens with one attached hydrogen (secondary N) is 1. The number of aromatic nitrogens is 1. The van der Waals surface area contributed by atoms with Gasteiger partial charge in [-0.05, 0) is 31.5 Å². The summed E-state index contributed by atoms with van der Waals surface area (Å²) < 4.78 is 0. The van der Waals surface area contributed by atoms with Gasteiger partial charge < -0.3 is 10.4 Å². The molecule has 0 aliphatic heterocycles. The SMILES string of the molecule is CC(C)SC1C(=O)C(C)(C)C1=N[C@@H](Cc1ccc(NC(=O)c2c(Cl)cncc2Cl)cc1)C(=O)O. The lowest BCUT2D eigenvalue weighted by molar-refractivity contribution is -0.138. The second-order valence-electron chi connectivity index (χ2n) is 8.76. The van der Waals surface area contributed by atoms with Crippen LogP contribution in [0.4, 0.5) is 5.69 Å². The number of thioether (sulfide) groups is 1. The fraction of sp³-hybridized carbons (Fsp3) is 0.375. The van der Waals surface area contributed by atoms with Crippen LogP contribution in [0.3, 0.4) is 0 Å². The number of aliphatic imine (C=N–C) groups is 1. The number of ketones is 1. The second-order valence-corrected chi connectivity index (χ2v) is 11.3. The van der Waals surface area contributed by atoms with Crippen LogP contribution >= 0.6 is 35.0 Å². The van der Waals surface area contributed by atoms with Gasteiger partial charge in [0.2, 0.25) is 0 Å². The lowest BCUT2D eigenvalue weighted by Crippen LogP contribution is -2.58. The maximum absolute atomic E-state index is 12.5. The van der Waals surface area contributed by atoms with Crippen molar-refractivity contribution in [2.24, 2.45) is 10.4 Å². The van der Waals surface area contributed by atoms with Gasteiger partial charge in [-0.2, -0.15) is 0 Å². The lowest BCUT2D eigenvalue weighted by Gasteiger charge is -2.43. The molecule has 7 nitrogen and oxygen atoms in total. The number of carbonyl (C=O) groups is 3. The molecule has 2 aromatic rings. The Morgan fingerprint density at radius 1 is 1.18 bits per heavy atom. The van der Waals surface area contributed by atoms with Gasteiger partial charge in [0.1, 0.15) is 5.25 Å². The number of rotatable bonds is 8. The van der Waals surface area contributed by atoms with Gasteiger partial charge in [0.15, 0.2) is 11.8 Å². The minimum absolute atomic E-state index is 0.0728. The molecule has 1 aliphatic carbocycles. The van der Waals surface area contributed by atoms with Crippen molar-refractivity contribution in [1.82, 2.24) is 4.98 Å². The van der Waals surface area contributed by atoms with Crippen LogP contribution in [0.5, 0.6) is 0 Å². The Bertz CT molecular complexity index is 1130. The summed E-state index contributed by atoms with van der Waals surface area (Å²) in [6.45, 7) is 7.55. The Balaban J connectivity index is 1.75. The van der Waals surface area contributed by atoms with E-state index in [-0.39, 0.29) is 33.1 Å². The second kappa shape index (κ2) is 10.5. The van der Waals surface area contributed by atoms with Gasteiger partial charge in [0.05, 0.1) is 21.0 Å². The Morgan fingerprint density at radius 2 is 1.76 bits per heavy atom. The largest absolute Gasteiger partial charge is 0.480 e. The monoisotopic (exact) mass is 521 g/mol. The van der Waals surface area contributed by atoms with E-state index in [2.05, 4.69) is 15.3 Å². The summed E-state index contributed by atoms with van der Waals surface area (Å²) in [6, 6.07) is 5.75. The molecule has 1 heterocycles. The van der Waals surface area contributed by atoms with Gasteiger partial charge in [-0.25, -0.2) is 4.79 Å². The van der Waals surface area contributed by atoms with Crippen molar-refractivity contribution < 1.29 is 19.5 Å². The maximum atomic E-state index is 12.5. The molecule has 0 radical (unpaired) electrons.